The number of aliphatic hydroxyl groups excluding tert-OH is 1. The van der Waals surface area contributed by atoms with Gasteiger partial charge in [-0.3, -0.25) is 0 Å². The molecule has 2 rings (SSSR count). The lowest BCUT2D eigenvalue weighted by atomic mass is 9.99. The maximum absolute atomic E-state index is 13.3. The second-order valence-corrected chi connectivity index (χ2v) is 5.17. The molecule has 0 heterocycles. The Kier molecular flexibility index (Phi) is 4.19. The molecule has 2 N–H and O–H groups in total. The van der Waals surface area contributed by atoms with E-state index in [1.165, 1.54) is 18.9 Å². The van der Waals surface area contributed by atoms with E-state index in [9.17, 15) is 9.50 Å². The van der Waals surface area contributed by atoms with Crippen LogP contribution in [0.5, 0.6) is 5.75 Å². The van der Waals surface area contributed by atoms with Crippen molar-refractivity contribution in [2.45, 2.75) is 37.8 Å². The number of benzene rings is 1. The number of para-hydroxylation sites is 1. The minimum Gasteiger partial charge on any atom is -0.490 e. The fraction of sp³-hybridized carbons (Fsp3) is 0.571. The molecule has 1 aliphatic carbocycles. The maximum Gasteiger partial charge on any atom is 0.165 e. The lowest BCUT2D eigenvalue weighted by Crippen LogP contribution is -2.48. The Hall–Kier alpha value is -1.13. The Balaban J connectivity index is 1.81. The van der Waals surface area contributed by atoms with E-state index in [4.69, 9.17) is 4.74 Å². The predicted octanol–water partition coefficient (Wildman–Crippen LogP) is 2.10. The number of hydrogen-bond acceptors (Lipinski definition) is 3. The van der Waals surface area contributed by atoms with E-state index in [1.807, 2.05) is 6.92 Å². The van der Waals surface area contributed by atoms with Crippen LogP contribution in [-0.2, 0) is 0 Å². The van der Waals surface area contributed by atoms with Gasteiger partial charge in [-0.1, -0.05) is 12.1 Å². The molecule has 1 aromatic rings. The summed E-state index contributed by atoms with van der Waals surface area (Å²) in [6, 6.07) is 6.89. The standard InChI is InChI=1S/C14H20FNO2/c1-14(10-17,16-11-6-7-11)8-9-18-13-5-3-2-4-12(13)15/h2-5,11,16-17H,6-10H2,1H3. The molecule has 1 unspecified atom stereocenters. The van der Waals surface area contributed by atoms with Gasteiger partial charge in [-0.05, 0) is 31.9 Å². The summed E-state index contributed by atoms with van der Waals surface area (Å²) in [5, 5.41) is 12.8. The van der Waals surface area contributed by atoms with E-state index in [2.05, 4.69) is 5.32 Å². The van der Waals surface area contributed by atoms with Gasteiger partial charge < -0.3 is 15.2 Å². The van der Waals surface area contributed by atoms with Crippen molar-refractivity contribution in [2.24, 2.45) is 0 Å². The summed E-state index contributed by atoms with van der Waals surface area (Å²) in [5.74, 6) is -0.0810. The molecule has 3 nitrogen and oxygen atoms in total. The zero-order valence-electron chi connectivity index (χ0n) is 10.7. The van der Waals surface area contributed by atoms with Crippen LogP contribution in [0.1, 0.15) is 26.2 Å². The normalized spacial score (nSPS) is 18.4. The van der Waals surface area contributed by atoms with Crippen LogP contribution in [0.3, 0.4) is 0 Å². The first-order chi connectivity index (χ1) is 8.63. The second-order valence-electron chi connectivity index (χ2n) is 5.17. The molecule has 0 radical (unpaired) electrons. The van der Waals surface area contributed by atoms with E-state index in [0.717, 1.165) is 0 Å². The Labute approximate surface area is 107 Å². The van der Waals surface area contributed by atoms with Crippen LogP contribution in [0.25, 0.3) is 0 Å². The van der Waals surface area contributed by atoms with Gasteiger partial charge in [0.25, 0.3) is 0 Å². The Morgan fingerprint density at radius 1 is 1.44 bits per heavy atom. The molecule has 1 atom stereocenters. The molecule has 1 aliphatic rings. The lowest BCUT2D eigenvalue weighted by Gasteiger charge is -2.29. The molecule has 18 heavy (non-hydrogen) atoms. The third-order valence-electron chi connectivity index (χ3n) is 3.23. The molecule has 0 saturated heterocycles. The largest absolute Gasteiger partial charge is 0.490 e. The minimum atomic E-state index is -0.349. The molecule has 100 valence electrons. The Bertz CT molecular complexity index is 395. The summed E-state index contributed by atoms with van der Waals surface area (Å²) in [7, 11) is 0. The van der Waals surface area contributed by atoms with Crippen LogP contribution in [0.15, 0.2) is 24.3 Å². The fourth-order valence-corrected chi connectivity index (χ4v) is 1.87. The Morgan fingerprint density at radius 2 is 2.17 bits per heavy atom. The molecule has 0 bridgehead atoms. The molecular weight excluding hydrogens is 233 g/mol. The molecule has 1 aromatic carbocycles. The van der Waals surface area contributed by atoms with Crippen molar-refractivity contribution in [2.75, 3.05) is 13.2 Å². The van der Waals surface area contributed by atoms with Crippen molar-refractivity contribution in [3.05, 3.63) is 30.1 Å². The highest BCUT2D eigenvalue weighted by Gasteiger charge is 2.31. The SMILES string of the molecule is CC(CO)(CCOc1ccccc1F)NC1CC1. The lowest BCUT2D eigenvalue weighted by molar-refractivity contribution is 0.141. The van der Waals surface area contributed by atoms with E-state index in [-0.39, 0.29) is 23.7 Å². The monoisotopic (exact) mass is 253 g/mol. The summed E-state index contributed by atoms with van der Waals surface area (Å²) in [4.78, 5) is 0. The van der Waals surface area contributed by atoms with Crippen molar-refractivity contribution in [1.82, 2.24) is 5.32 Å². The molecule has 1 fully saturated rings. The second kappa shape index (κ2) is 5.67. The average Bonchev–Trinajstić information content (AvgIpc) is 3.15. The van der Waals surface area contributed by atoms with Crippen LogP contribution >= 0.6 is 0 Å². The van der Waals surface area contributed by atoms with E-state index in [1.54, 1.807) is 18.2 Å². The molecule has 0 aromatic heterocycles. The van der Waals surface area contributed by atoms with Gasteiger partial charge in [-0.25, -0.2) is 4.39 Å². The maximum atomic E-state index is 13.3. The molecule has 0 aliphatic heterocycles. The third-order valence-corrected chi connectivity index (χ3v) is 3.23. The van der Waals surface area contributed by atoms with Crippen molar-refractivity contribution in [3.63, 3.8) is 0 Å². The first-order valence-corrected chi connectivity index (χ1v) is 6.39. The minimum absolute atomic E-state index is 0.0597. The molecule has 4 heteroatoms. The molecule has 0 spiro atoms. The summed E-state index contributed by atoms with van der Waals surface area (Å²) in [5.41, 5.74) is -0.341. The van der Waals surface area contributed by atoms with Crippen molar-refractivity contribution in [1.29, 1.82) is 0 Å². The highest BCUT2D eigenvalue weighted by molar-refractivity contribution is 5.23. The summed E-state index contributed by atoms with van der Waals surface area (Å²) in [6.45, 7) is 2.41. The van der Waals surface area contributed by atoms with E-state index < -0.39 is 0 Å². The number of hydrogen-bond donors (Lipinski definition) is 2. The third kappa shape index (κ3) is 3.68. The van der Waals surface area contributed by atoms with E-state index in [0.29, 0.717) is 19.1 Å². The van der Waals surface area contributed by atoms with Gasteiger partial charge in [0.05, 0.1) is 13.2 Å². The highest BCUT2D eigenvalue weighted by Crippen LogP contribution is 2.24. The number of halogens is 1. The molecule has 0 amide bonds. The fourth-order valence-electron chi connectivity index (χ4n) is 1.87. The van der Waals surface area contributed by atoms with Crippen LogP contribution in [0.2, 0.25) is 0 Å². The number of nitrogens with one attached hydrogen (secondary N) is 1. The van der Waals surface area contributed by atoms with Crippen molar-refractivity contribution < 1.29 is 14.2 Å². The number of aliphatic hydroxyl groups is 1. The van der Waals surface area contributed by atoms with Crippen LogP contribution in [0.4, 0.5) is 4.39 Å². The number of ether oxygens (including phenoxy) is 1. The van der Waals surface area contributed by atoms with Gasteiger partial charge in [0.15, 0.2) is 11.6 Å². The van der Waals surface area contributed by atoms with Crippen LogP contribution in [0, 0.1) is 5.82 Å². The first-order valence-electron chi connectivity index (χ1n) is 6.39. The molecule has 1 saturated carbocycles. The van der Waals surface area contributed by atoms with Crippen LogP contribution in [-0.4, -0.2) is 29.9 Å². The first kappa shape index (κ1) is 13.3. The Morgan fingerprint density at radius 3 is 2.78 bits per heavy atom. The summed E-state index contributed by atoms with van der Waals surface area (Å²) in [6.07, 6.45) is 2.99. The van der Waals surface area contributed by atoms with E-state index >= 15 is 0 Å². The summed E-state index contributed by atoms with van der Waals surface area (Å²) >= 11 is 0. The number of rotatable bonds is 7. The van der Waals surface area contributed by atoms with Gasteiger partial charge in [0.1, 0.15) is 0 Å². The zero-order valence-corrected chi connectivity index (χ0v) is 10.7. The smallest absolute Gasteiger partial charge is 0.165 e. The molecular formula is C14H20FNO2. The topological polar surface area (TPSA) is 41.5 Å². The van der Waals surface area contributed by atoms with Gasteiger partial charge >= 0.3 is 0 Å². The van der Waals surface area contributed by atoms with Gasteiger partial charge in [-0.15, -0.1) is 0 Å². The highest BCUT2D eigenvalue weighted by atomic mass is 19.1. The summed E-state index contributed by atoms with van der Waals surface area (Å²) < 4.78 is 18.7. The van der Waals surface area contributed by atoms with Gasteiger partial charge in [0, 0.05) is 18.0 Å². The quantitative estimate of drug-likeness (QED) is 0.782. The predicted molar refractivity (Wildman–Crippen MR) is 68.2 cm³/mol. The van der Waals surface area contributed by atoms with Crippen molar-refractivity contribution >= 4 is 0 Å². The average molecular weight is 253 g/mol. The van der Waals surface area contributed by atoms with Gasteiger partial charge in [0.2, 0.25) is 0 Å². The zero-order chi connectivity index (χ0) is 13.0. The van der Waals surface area contributed by atoms with Gasteiger partial charge in [-0.2, -0.15) is 0 Å². The van der Waals surface area contributed by atoms with Crippen LogP contribution < -0.4 is 10.1 Å². The van der Waals surface area contributed by atoms with Crippen molar-refractivity contribution in [3.8, 4) is 5.75 Å².